The number of nitrogens with one attached hydrogen (secondary N) is 2. The summed E-state index contributed by atoms with van der Waals surface area (Å²) in [6, 6.07) is 14.6. The van der Waals surface area contributed by atoms with Crippen LogP contribution in [0.5, 0.6) is 5.75 Å². The molecule has 2 aromatic carbocycles. The summed E-state index contributed by atoms with van der Waals surface area (Å²) in [7, 11) is -3.39. The van der Waals surface area contributed by atoms with E-state index in [-0.39, 0.29) is 5.91 Å². The maximum absolute atomic E-state index is 12.4. The van der Waals surface area contributed by atoms with Gasteiger partial charge in [0.05, 0.1) is 12.9 Å². The van der Waals surface area contributed by atoms with Crippen molar-refractivity contribution in [3.8, 4) is 5.75 Å². The number of carbonyl (C=O) groups excluding carboxylic acids is 1. The second-order valence-electron chi connectivity index (χ2n) is 9.16. The van der Waals surface area contributed by atoms with Crippen molar-refractivity contribution in [1.82, 2.24) is 10.2 Å². The van der Waals surface area contributed by atoms with Crippen molar-refractivity contribution in [2.45, 2.75) is 33.2 Å². The first-order valence-electron chi connectivity index (χ1n) is 11.5. The van der Waals surface area contributed by atoms with E-state index in [1.165, 1.54) is 18.1 Å². The minimum absolute atomic E-state index is 0.249. The molecule has 0 spiro atoms. The molecule has 0 aliphatic carbocycles. The third kappa shape index (κ3) is 8.37. The van der Waals surface area contributed by atoms with Crippen LogP contribution in [0.25, 0.3) is 0 Å². The lowest BCUT2D eigenvalue weighted by Gasteiger charge is -2.35. The van der Waals surface area contributed by atoms with Gasteiger partial charge in [0.15, 0.2) is 0 Å². The monoisotopic (exact) mass is 473 g/mol. The highest BCUT2D eigenvalue weighted by Crippen LogP contribution is 2.26. The van der Waals surface area contributed by atoms with Crippen LogP contribution in [0.1, 0.15) is 42.6 Å². The molecule has 1 amide bonds. The second kappa shape index (κ2) is 11.5. The Morgan fingerprint density at radius 2 is 1.82 bits per heavy atom. The van der Waals surface area contributed by atoms with Crippen LogP contribution in [0.4, 0.5) is 5.69 Å². The molecule has 180 valence electrons. The first-order valence-corrected chi connectivity index (χ1v) is 13.4. The normalized spacial score (nSPS) is 19.1. The minimum atomic E-state index is -3.39. The number of sulfonamides is 1. The smallest absolute Gasteiger partial charge is 0.251 e. The Bertz CT molecular complexity index is 1030. The van der Waals surface area contributed by atoms with Gasteiger partial charge in [-0.3, -0.25) is 14.4 Å². The predicted molar refractivity (Wildman–Crippen MR) is 132 cm³/mol. The van der Waals surface area contributed by atoms with Crippen LogP contribution in [0.3, 0.4) is 0 Å². The molecule has 33 heavy (non-hydrogen) atoms. The van der Waals surface area contributed by atoms with Gasteiger partial charge >= 0.3 is 0 Å². The van der Waals surface area contributed by atoms with Crippen molar-refractivity contribution in [3.63, 3.8) is 0 Å². The van der Waals surface area contributed by atoms with Crippen molar-refractivity contribution < 1.29 is 17.9 Å². The number of carbonyl (C=O) groups is 1. The summed E-state index contributed by atoms with van der Waals surface area (Å²) in [6.45, 7) is 8.72. The highest BCUT2D eigenvalue weighted by atomic mass is 32.2. The average Bonchev–Trinajstić information content (AvgIpc) is 2.73. The van der Waals surface area contributed by atoms with Gasteiger partial charge in [-0.2, -0.15) is 0 Å². The number of ether oxygens (including phenoxy) is 1. The zero-order valence-corrected chi connectivity index (χ0v) is 20.5. The molecule has 2 N–H and O–H groups in total. The molecule has 1 aliphatic heterocycles. The summed E-state index contributed by atoms with van der Waals surface area (Å²) in [6.07, 6.45) is 3.03. The fourth-order valence-electron chi connectivity index (χ4n) is 4.43. The Labute approximate surface area is 197 Å². The fourth-order valence-corrected chi connectivity index (χ4v) is 4.99. The van der Waals surface area contributed by atoms with Gasteiger partial charge < -0.3 is 10.1 Å². The van der Waals surface area contributed by atoms with Gasteiger partial charge in [0.25, 0.3) is 5.91 Å². The molecule has 2 atom stereocenters. The second-order valence-corrected chi connectivity index (χ2v) is 10.9. The molecule has 7 nitrogen and oxygen atoms in total. The number of amides is 1. The highest BCUT2D eigenvalue weighted by molar-refractivity contribution is 7.92. The van der Waals surface area contributed by atoms with Crippen molar-refractivity contribution in [3.05, 3.63) is 59.7 Å². The van der Waals surface area contributed by atoms with Crippen molar-refractivity contribution in [2.75, 3.05) is 37.2 Å². The number of para-hydroxylation sites is 1. The third-order valence-electron chi connectivity index (χ3n) is 5.60. The molecular formula is C25H35N3O4S. The minimum Gasteiger partial charge on any atom is -0.493 e. The van der Waals surface area contributed by atoms with Gasteiger partial charge in [-0.15, -0.1) is 0 Å². The highest BCUT2D eigenvalue weighted by Gasteiger charge is 2.22. The molecule has 1 fully saturated rings. The van der Waals surface area contributed by atoms with Crippen molar-refractivity contribution in [1.29, 1.82) is 0 Å². The van der Waals surface area contributed by atoms with Crippen LogP contribution >= 0.6 is 0 Å². The maximum atomic E-state index is 12.4. The lowest BCUT2D eigenvalue weighted by molar-refractivity contribution is 0.0951. The van der Waals surface area contributed by atoms with Gasteiger partial charge in [-0.25, -0.2) is 8.42 Å². The first-order chi connectivity index (χ1) is 15.7. The summed E-state index contributed by atoms with van der Waals surface area (Å²) in [5.41, 5.74) is 1.96. The molecule has 8 heteroatoms. The van der Waals surface area contributed by atoms with Gasteiger partial charge in [0.2, 0.25) is 10.0 Å². The average molecular weight is 474 g/mol. The largest absolute Gasteiger partial charge is 0.493 e. The quantitative estimate of drug-likeness (QED) is 0.514. The molecule has 2 aromatic rings. The number of likely N-dealkylation sites (tertiary alicyclic amines) is 1. The standard InChI is InChI=1S/C25H35N3O4S/c1-19-14-20(2)17-28(16-19)18-22-8-4-5-11-24(22)32-13-7-12-26-25(29)21-9-6-10-23(15-21)27-33(3,30)31/h4-6,8-11,15,19-20,27H,7,12-14,16-18H2,1-3H3,(H,26,29). The van der Waals surface area contributed by atoms with E-state index in [9.17, 15) is 13.2 Å². The number of rotatable bonds is 10. The number of nitrogens with zero attached hydrogens (tertiary/aromatic N) is 1. The molecule has 1 aliphatic rings. The van der Waals surface area contributed by atoms with E-state index in [4.69, 9.17) is 4.74 Å². The molecule has 1 heterocycles. The Morgan fingerprint density at radius 3 is 2.55 bits per heavy atom. The van der Waals surface area contributed by atoms with E-state index >= 15 is 0 Å². The van der Waals surface area contributed by atoms with Gasteiger partial charge in [0, 0.05) is 43.0 Å². The molecule has 0 bridgehead atoms. The molecule has 0 radical (unpaired) electrons. The zero-order chi connectivity index (χ0) is 23.8. The van der Waals surface area contributed by atoms with Crippen molar-refractivity contribution >= 4 is 21.6 Å². The molecular weight excluding hydrogens is 438 g/mol. The molecule has 0 saturated carbocycles. The molecule has 3 rings (SSSR count). The first kappa shape index (κ1) is 25.1. The summed E-state index contributed by atoms with van der Waals surface area (Å²) in [4.78, 5) is 14.9. The lowest BCUT2D eigenvalue weighted by Crippen LogP contribution is -2.38. The van der Waals surface area contributed by atoms with E-state index in [1.807, 2.05) is 18.2 Å². The Balaban J connectivity index is 1.45. The summed E-state index contributed by atoms with van der Waals surface area (Å²) >= 11 is 0. The van der Waals surface area contributed by atoms with Crippen LogP contribution in [-0.2, 0) is 16.6 Å². The maximum Gasteiger partial charge on any atom is 0.251 e. The van der Waals surface area contributed by atoms with E-state index in [0.717, 1.165) is 31.6 Å². The van der Waals surface area contributed by atoms with Crippen LogP contribution in [0.15, 0.2) is 48.5 Å². The van der Waals surface area contributed by atoms with Crippen LogP contribution < -0.4 is 14.8 Å². The van der Waals surface area contributed by atoms with E-state index in [0.29, 0.717) is 42.7 Å². The Kier molecular flexibility index (Phi) is 8.74. The van der Waals surface area contributed by atoms with Crippen LogP contribution in [0.2, 0.25) is 0 Å². The molecule has 2 unspecified atom stereocenters. The third-order valence-corrected chi connectivity index (χ3v) is 6.21. The van der Waals surface area contributed by atoms with E-state index in [1.54, 1.807) is 18.2 Å². The number of hydrogen-bond donors (Lipinski definition) is 2. The molecule has 1 saturated heterocycles. The summed E-state index contributed by atoms with van der Waals surface area (Å²) < 4.78 is 31.2. The predicted octanol–water partition coefficient (Wildman–Crippen LogP) is 3.73. The Morgan fingerprint density at radius 1 is 1.09 bits per heavy atom. The van der Waals surface area contributed by atoms with Gasteiger partial charge in [-0.1, -0.05) is 38.1 Å². The van der Waals surface area contributed by atoms with E-state index in [2.05, 4.69) is 34.9 Å². The number of benzene rings is 2. The van der Waals surface area contributed by atoms with Gasteiger partial charge in [-0.05, 0) is 48.9 Å². The number of piperidine rings is 1. The fraction of sp³-hybridized carbons (Fsp3) is 0.480. The number of anilines is 1. The van der Waals surface area contributed by atoms with Gasteiger partial charge in [0.1, 0.15) is 5.75 Å². The zero-order valence-electron chi connectivity index (χ0n) is 19.7. The van der Waals surface area contributed by atoms with Crippen molar-refractivity contribution in [2.24, 2.45) is 11.8 Å². The lowest BCUT2D eigenvalue weighted by atomic mass is 9.91. The van der Waals surface area contributed by atoms with Crippen LogP contribution in [-0.4, -0.2) is 51.7 Å². The van der Waals surface area contributed by atoms with E-state index < -0.39 is 10.0 Å². The SMILES string of the molecule is CC1CC(C)CN(Cc2ccccc2OCCCNC(=O)c2cccc(NS(C)(=O)=O)c2)C1. The Hall–Kier alpha value is -2.58. The van der Waals surface area contributed by atoms with Crippen LogP contribution in [0, 0.1) is 11.8 Å². The molecule has 0 aromatic heterocycles. The number of hydrogen-bond acceptors (Lipinski definition) is 5. The summed E-state index contributed by atoms with van der Waals surface area (Å²) in [5.74, 6) is 2.08. The summed E-state index contributed by atoms with van der Waals surface area (Å²) in [5, 5.41) is 2.86. The topological polar surface area (TPSA) is 87.7 Å².